The number of aryl methyl sites for hydroxylation is 2. The van der Waals surface area contributed by atoms with E-state index in [0.717, 1.165) is 28.8 Å². The van der Waals surface area contributed by atoms with Gasteiger partial charge in [0.05, 0.1) is 17.4 Å². The highest BCUT2D eigenvalue weighted by atomic mass is 32.1. The highest BCUT2D eigenvalue weighted by molar-refractivity contribution is 7.17. The zero-order valence-electron chi connectivity index (χ0n) is 16.0. The molecule has 4 N–H and O–H groups in total. The number of anilines is 1. The summed E-state index contributed by atoms with van der Waals surface area (Å²) in [5.74, 6) is -3.21. The molecule has 1 fully saturated rings. The van der Waals surface area contributed by atoms with Crippen molar-refractivity contribution in [3.8, 4) is 11.1 Å². The Morgan fingerprint density at radius 2 is 1.68 bits per heavy atom. The SMILES string of the molecule is Cc1ccc(-c2c(C)sc(NC(=O)[C@@H]3CCCC[C@@H]3C(=O)O)c2C(N)=O)cc1. The van der Waals surface area contributed by atoms with Crippen molar-refractivity contribution in [2.75, 3.05) is 5.32 Å². The van der Waals surface area contributed by atoms with Crippen molar-refractivity contribution in [3.05, 3.63) is 40.3 Å². The van der Waals surface area contributed by atoms with Crippen LogP contribution in [0.5, 0.6) is 0 Å². The van der Waals surface area contributed by atoms with E-state index in [-0.39, 0.29) is 11.5 Å². The van der Waals surface area contributed by atoms with E-state index in [2.05, 4.69) is 5.32 Å². The van der Waals surface area contributed by atoms with Crippen molar-refractivity contribution in [2.24, 2.45) is 17.6 Å². The molecular formula is C21H24N2O4S. The molecule has 0 bridgehead atoms. The van der Waals surface area contributed by atoms with Gasteiger partial charge in [0, 0.05) is 10.4 Å². The van der Waals surface area contributed by atoms with E-state index in [0.29, 0.717) is 23.4 Å². The quantitative estimate of drug-likeness (QED) is 0.705. The average Bonchev–Trinajstić information content (AvgIpc) is 2.98. The molecule has 2 atom stereocenters. The molecule has 28 heavy (non-hydrogen) atoms. The minimum Gasteiger partial charge on any atom is -0.481 e. The molecule has 0 spiro atoms. The molecule has 3 rings (SSSR count). The van der Waals surface area contributed by atoms with Crippen LogP contribution < -0.4 is 11.1 Å². The topological polar surface area (TPSA) is 109 Å². The molecular weight excluding hydrogens is 376 g/mol. The first-order chi connectivity index (χ1) is 13.3. The highest BCUT2D eigenvalue weighted by Crippen LogP contribution is 2.40. The lowest BCUT2D eigenvalue weighted by Gasteiger charge is -2.27. The molecule has 1 aliphatic rings. The lowest BCUT2D eigenvalue weighted by molar-refractivity contribution is -0.147. The van der Waals surface area contributed by atoms with Crippen molar-refractivity contribution in [3.63, 3.8) is 0 Å². The molecule has 2 amide bonds. The normalized spacial score (nSPS) is 19.2. The van der Waals surface area contributed by atoms with Crippen LogP contribution in [0.25, 0.3) is 11.1 Å². The van der Waals surface area contributed by atoms with Crippen LogP contribution in [0, 0.1) is 25.7 Å². The number of nitrogens with one attached hydrogen (secondary N) is 1. The summed E-state index contributed by atoms with van der Waals surface area (Å²) in [6, 6.07) is 7.75. The lowest BCUT2D eigenvalue weighted by atomic mass is 9.78. The molecule has 0 saturated heterocycles. The molecule has 6 nitrogen and oxygen atoms in total. The van der Waals surface area contributed by atoms with E-state index in [1.54, 1.807) is 0 Å². The molecule has 0 radical (unpaired) electrons. The van der Waals surface area contributed by atoms with E-state index < -0.39 is 23.7 Å². The van der Waals surface area contributed by atoms with Gasteiger partial charge < -0.3 is 16.2 Å². The number of hydrogen-bond acceptors (Lipinski definition) is 4. The number of primary amides is 1. The van der Waals surface area contributed by atoms with Gasteiger partial charge in [-0.1, -0.05) is 42.7 Å². The first-order valence-electron chi connectivity index (χ1n) is 9.33. The van der Waals surface area contributed by atoms with Gasteiger partial charge in [0.25, 0.3) is 5.91 Å². The van der Waals surface area contributed by atoms with Gasteiger partial charge >= 0.3 is 5.97 Å². The summed E-state index contributed by atoms with van der Waals surface area (Å²) >= 11 is 1.29. The Kier molecular flexibility index (Phi) is 5.84. The molecule has 7 heteroatoms. The number of carboxylic acid groups (broad SMARTS) is 1. The predicted octanol–water partition coefficient (Wildman–Crippen LogP) is 3.96. The second-order valence-electron chi connectivity index (χ2n) is 7.29. The largest absolute Gasteiger partial charge is 0.481 e. The van der Waals surface area contributed by atoms with Gasteiger partial charge in [-0.2, -0.15) is 0 Å². The summed E-state index contributed by atoms with van der Waals surface area (Å²) in [5, 5.41) is 12.6. The highest BCUT2D eigenvalue weighted by Gasteiger charge is 2.36. The van der Waals surface area contributed by atoms with Crippen LogP contribution in [0.2, 0.25) is 0 Å². The van der Waals surface area contributed by atoms with Crippen molar-refractivity contribution in [1.82, 2.24) is 0 Å². The van der Waals surface area contributed by atoms with Crippen LogP contribution in [-0.4, -0.2) is 22.9 Å². The van der Waals surface area contributed by atoms with Crippen LogP contribution in [0.3, 0.4) is 0 Å². The van der Waals surface area contributed by atoms with Gasteiger partial charge in [0.2, 0.25) is 5.91 Å². The number of aliphatic carboxylic acids is 1. The van der Waals surface area contributed by atoms with Crippen molar-refractivity contribution in [1.29, 1.82) is 0 Å². The van der Waals surface area contributed by atoms with Gasteiger partial charge in [-0.25, -0.2) is 0 Å². The molecule has 1 aliphatic carbocycles. The number of carbonyl (C=O) groups excluding carboxylic acids is 2. The summed E-state index contributed by atoms with van der Waals surface area (Å²) in [4.78, 5) is 37.4. The Labute approximate surface area is 167 Å². The summed E-state index contributed by atoms with van der Waals surface area (Å²) in [7, 11) is 0. The zero-order valence-corrected chi connectivity index (χ0v) is 16.8. The smallest absolute Gasteiger partial charge is 0.307 e. The zero-order chi connectivity index (χ0) is 20.4. The monoisotopic (exact) mass is 400 g/mol. The number of hydrogen-bond donors (Lipinski definition) is 3. The molecule has 148 valence electrons. The third kappa shape index (κ3) is 3.94. The van der Waals surface area contributed by atoms with Crippen LogP contribution in [-0.2, 0) is 9.59 Å². The molecule has 1 saturated carbocycles. The number of benzene rings is 1. The fourth-order valence-corrected chi connectivity index (χ4v) is 4.97. The Hall–Kier alpha value is -2.67. The van der Waals surface area contributed by atoms with E-state index in [9.17, 15) is 19.5 Å². The van der Waals surface area contributed by atoms with Gasteiger partial charge in [-0.3, -0.25) is 14.4 Å². The maximum atomic E-state index is 12.8. The summed E-state index contributed by atoms with van der Waals surface area (Å²) in [6.45, 7) is 3.86. The van der Waals surface area contributed by atoms with E-state index >= 15 is 0 Å². The minimum absolute atomic E-state index is 0.280. The maximum Gasteiger partial charge on any atom is 0.307 e. The molecule has 0 aliphatic heterocycles. The van der Waals surface area contributed by atoms with E-state index in [4.69, 9.17) is 5.73 Å². The van der Waals surface area contributed by atoms with Gasteiger partial charge in [-0.05, 0) is 32.3 Å². The molecule has 2 aromatic rings. The third-order valence-corrected chi connectivity index (χ3v) is 6.35. The van der Waals surface area contributed by atoms with Crippen molar-refractivity contribution < 1.29 is 19.5 Å². The van der Waals surface area contributed by atoms with Crippen LogP contribution in [0.4, 0.5) is 5.00 Å². The number of nitrogens with two attached hydrogens (primary N) is 1. The maximum absolute atomic E-state index is 12.8. The van der Waals surface area contributed by atoms with Crippen molar-refractivity contribution in [2.45, 2.75) is 39.5 Å². The van der Waals surface area contributed by atoms with Gasteiger partial charge in [-0.15, -0.1) is 11.3 Å². The number of amides is 2. The van der Waals surface area contributed by atoms with Gasteiger partial charge in [0.15, 0.2) is 0 Å². The van der Waals surface area contributed by atoms with Gasteiger partial charge in [0.1, 0.15) is 5.00 Å². The fourth-order valence-electron chi connectivity index (χ4n) is 3.88. The first kappa shape index (κ1) is 20.1. The molecule has 1 aromatic carbocycles. The number of thiophene rings is 1. The summed E-state index contributed by atoms with van der Waals surface area (Å²) in [5.41, 5.74) is 8.60. The second kappa shape index (κ2) is 8.14. The van der Waals surface area contributed by atoms with E-state index in [1.807, 2.05) is 38.1 Å². The summed E-state index contributed by atoms with van der Waals surface area (Å²) in [6.07, 6.45) is 2.66. The Balaban J connectivity index is 1.95. The van der Waals surface area contributed by atoms with Crippen LogP contribution in [0.15, 0.2) is 24.3 Å². The molecule has 0 unspecified atom stereocenters. The van der Waals surface area contributed by atoms with Crippen LogP contribution >= 0.6 is 11.3 Å². The number of rotatable bonds is 5. The average molecular weight is 401 g/mol. The number of carbonyl (C=O) groups is 3. The first-order valence-corrected chi connectivity index (χ1v) is 10.1. The van der Waals surface area contributed by atoms with E-state index in [1.165, 1.54) is 11.3 Å². The summed E-state index contributed by atoms with van der Waals surface area (Å²) < 4.78 is 0. The standard InChI is InChI=1S/C21H24N2O4S/c1-11-7-9-13(10-8-11)16-12(2)28-20(17(16)18(22)24)23-19(25)14-5-3-4-6-15(14)21(26)27/h7-10,14-15H,3-6H2,1-2H3,(H2,22,24)(H,23,25)(H,26,27)/t14-,15+/m1/s1. The molecule has 1 aromatic heterocycles. The second-order valence-corrected chi connectivity index (χ2v) is 8.52. The van der Waals surface area contributed by atoms with Crippen molar-refractivity contribution >= 4 is 34.1 Å². The Morgan fingerprint density at radius 1 is 1.07 bits per heavy atom. The third-order valence-electron chi connectivity index (χ3n) is 5.33. The Bertz CT molecular complexity index is 917. The lowest BCUT2D eigenvalue weighted by Crippen LogP contribution is -2.36. The minimum atomic E-state index is -0.947. The number of carboxylic acids is 1. The Morgan fingerprint density at radius 3 is 2.25 bits per heavy atom. The van der Waals surface area contributed by atoms with Crippen LogP contribution in [0.1, 0.15) is 46.5 Å². The molecule has 1 heterocycles. The predicted molar refractivity (Wildman–Crippen MR) is 109 cm³/mol. The fraction of sp³-hybridized carbons (Fsp3) is 0.381.